The van der Waals surface area contributed by atoms with Gasteiger partial charge in [0.15, 0.2) is 34.9 Å². The molecule has 0 bridgehead atoms. The summed E-state index contributed by atoms with van der Waals surface area (Å²) in [5, 5.41) is 30.2. The van der Waals surface area contributed by atoms with Gasteiger partial charge < -0.3 is 30.5 Å². The van der Waals surface area contributed by atoms with Crippen molar-refractivity contribution in [1.29, 1.82) is 0 Å². The maximum Gasteiger partial charge on any atom is 0.394 e. The van der Waals surface area contributed by atoms with Crippen LogP contribution in [0.15, 0.2) is 82.6 Å². The van der Waals surface area contributed by atoms with E-state index in [2.05, 4.69) is 75.5 Å². The fourth-order valence-corrected chi connectivity index (χ4v) is 6.48. The van der Waals surface area contributed by atoms with Gasteiger partial charge in [0.1, 0.15) is 12.7 Å². The van der Waals surface area contributed by atoms with E-state index in [1.54, 1.807) is 84.4 Å². The van der Waals surface area contributed by atoms with Gasteiger partial charge in [-0.15, -0.1) is 0 Å². The van der Waals surface area contributed by atoms with Gasteiger partial charge in [-0.1, -0.05) is 76.1 Å². The lowest BCUT2D eigenvalue weighted by Crippen LogP contribution is -2.13. The number of hydrogen-bond acceptors (Lipinski definition) is 19. The molecule has 0 saturated carbocycles. The van der Waals surface area contributed by atoms with Gasteiger partial charge in [-0.2, -0.15) is 30.1 Å². The highest BCUT2D eigenvalue weighted by Gasteiger charge is 2.25. The monoisotopic (exact) mass is 1010 g/mol. The summed E-state index contributed by atoms with van der Waals surface area (Å²) in [5.41, 5.74) is 8.39. The van der Waals surface area contributed by atoms with E-state index in [4.69, 9.17) is 15.4 Å². The summed E-state index contributed by atoms with van der Waals surface area (Å²) in [6.45, 7) is 11.6. The van der Waals surface area contributed by atoms with E-state index in [1.807, 2.05) is 41.5 Å². The van der Waals surface area contributed by atoms with Crippen molar-refractivity contribution in [3.63, 3.8) is 0 Å². The molecule has 8 rings (SSSR count). The molecule has 0 aliphatic carbocycles. The third-order valence-corrected chi connectivity index (χ3v) is 10.2. The highest BCUT2D eigenvalue weighted by Crippen LogP contribution is 2.26. The number of carboxylic acids is 1. The molecule has 0 unspecified atom stereocenters. The number of aromatic carboxylic acids is 1. The van der Waals surface area contributed by atoms with Crippen molar-refractivity contribution in [2.75, 3.05) is 10.6 Å². The summed E-state index contributed by atoms with van der Waals surface area (Å²) < 4.78 is 65.2. The van der Waals surface area contributed by atoms with Gasteiger partial charge in [0.2, 0.25) is 30.5 Å². The van der Waals surface area contributed by atoms with Crippen LogP contribution in [0, 0.1) is 0 Å². The van der Waals surface area contributed by atoms with Crippen molar-refractivity contribution >= 4 is 35.3 Å². The maximum absolute atomic E-state index is 13.4. The van der Waals surface area contributed by atoms with Crippen molar-refractivity contribution < 1.29 is 41.3 Å². The first-order valence-corrected chi connectivity index (χ1v) is 22.4. The molecule has 26 heteroatoms. The number of halogens is 4. The SMILES string of the molecule is CC(C)(C)c1noc(C(=O)O)n1.Cn1ccc(Nc2ncnc(-c3ccc(CCC(=O)c4nc(C(C)(C)C)no4)c(CC(F)F)c3)n2)n1.Cn1ccc(Nc2ncnc(-c3ccc(CN)c(CC(F)F)c3)n2)n1. The van der Waals surface area contributed by atoms with Crippen molar-refractivity contribution in [1.82, 2.24) is 69.7 Å². The van der Waals surface area contributed by atoms with Crippen LogP contribution in [0.1, 0.15) is 103 Å². The molecule has 0 fully saturated rings. The molecule has 6 heterocycles. The molecule has 0 amide bonds. The topological polar surface area (TPSA) is 295 Å². The molecule has 0 spiro atoms. The lowest BCUT2D eigenvalue weighted by Gasteiger charge is -2.12. The second-order valence-electron chi connectivity index (χ2n) is 18.2. The lowest BCUT2D eigenvalue weighted by atomic mass is 9.96. The fraction of sp³-hybridized carbons (Fsp3) is 0.362. The summed E-state index contributed by atoms with van der Waals surface area (Å²) in [6.07, 6.45) is 0.726. The first-order chi connectivity index (χ1) is 34.5. The molecule has 8 aromatic rings. The number of nitrogens with zero attached hydrogens (tertiary/aromatic N) is 14. The molecule has 73 heavy (non-hydrogen) atoms. The predicted octanol–water partition coefficient (Wildman–Crippen LogP) is 7.67. The highest BCUT2D eigenvalue weighted by molar-refractivity contribution is 5.91. The quantitative estimate of drug-likeness (QED) is 0.0533. The number of ketones is 1. The minimum absolute atomic E-state index is 0.0469. The van der Waals surface area contributed by atoms with Crippen molar-refractivity contribution in [3.05, 3.63) is 119 Å². The van der Waals surface area contributed by atoms with Gasteiger partial charge in [-0.25, -0.2) is 42.3 Å². The van der Waals surface area contributed by atoms with E-state index < -0.39 is 25.2 Å². The number of aromatic nitrogens is 14. The van der Waals surface area contributed by atoms with Crippen molar-refractivity contribution in [3.8, 4) is 22.8 Å². The minimum Gasteiger partial charge on any atom is -0.474 e. The number of rotatable bonds is 16. The van der Waals surface area contributed by atoms with Crippen molar-refractivity contribution in [2.45, 2.75) is 97.5 Å². The summed E-state index contributed by atoms with van der Waals surface area (Å²) >= 11 is 0. The number of carbonyl (C=O) groups excluding carboxylic acids is 1. The number of nitrogens with one attached hydrogen (secondary N) is 2. The van der Waals surface area contributed by atoms with E-state index in [0.29, 0.717) is 74.3 Å². The van der Waals surface area contributed by atoms with Gasteiger partial charge in [0.05, 0.1) is 0 Å². The van der Waals surface area contributed by atoms with Crippen LogP contribution >= 0.6 is 0 Å². The number of benzene rings is 2. The Bertz CT molecular complexity index is 3120. The molecular weight excluding hydrogens is 959 g/mol. The number of hydrogen-bond donors (Lipinski definition) is 4. The molecule has 0 radical (unpaired) electrons. The Hall–Kier alpha value is -8.42. The van der Waals surface area contributed by atoms with Gasteiger partial charge in [0, 0.05) is 86.4 Å². The minimum atomic E-state index is -2.56. The van der Waals surface area contributed by atoms with Crippen molar-refractivity contribution in [2.24, 2.45) is 19.8 Å². The van der Waals surface area contributed by atoms with Crippen LogP contribution < -0.4 is 16.4 Å². The number of alkyl halides is 4. The Labute approximate surface area is 415 Å². The third-order valence-electron chi connectivity index (χ3n) is 10.2. The first-order valence-electron chi connectivity index (χ1n) is 22.4. The second kappa shape index (κ2) is 23.7. The lowest BCUT2D eigenvalue weighted by molar-refractivity contribution is 0.0643. The Morgan fingerprint density at radius 2 is 1.10 bits per heavy atom. The normalized spacial score (nSPS) is 11.5. The second-order valence-corrected chi connectivity index (χ2v) is 18.2. The van der Waals surface area contributed by atoms with Crippen LogP contribution in [0.5, 0.6) is 0 Å². The number of carboxylic acid groups (broad SMARTS) is 1. The summed E-state index contributed by atoms with van der Waals surface area (Å²) in [4.78, 5) is 56.0. The standard InChI is InChI=1S/C24H26F2N8O2.C16H17F2N7.C7H10N2O3/c1-24(2,3)22-31-21(36-33-22)17(35)8-7-14-5-6-15(11-16(14)12-18(25)26)20-27-13-28-23(30-20)29-19-9-10-34(4)32-19;1-25-5-4-14(24-25)22-16-21-9-20-15(23-16)10-2-3-11(8-19)12(6-10)7-13(17)18;1-7(2,3)6-8-4(5(10)11)12-9-6/h5-6,9-11,13,18H,7-8,12H2,1-4H3,(H,27,28,29,30,32);2-6,9,13H,7-8,19H2,1H3,(H,20,21,22,23,24);1-3H3,(H,10,11). The number of carbonyl (C=O) groups is 2. The van der Waals surface area contributed by atoms with Crippen LogP contribution in [-0.4, -0.2) is 99.5 Å². The van der Waals surface area contributed by atoms with E-state index in [9.17, 15) is 27.2 Å². The summed E-state index contributed by atoms with van der Waals surface area (Å²) in [7, 11) is 3.59. The van der Waals surface area contributed by atoms with Crippen LogP contribution in [-0.2, 0) is 50.7 Å². The fourth-order valence-electron chi connectivity index (χ4n) is 6.48. The number of nitrogens with two attached hydrogens (primary N) is 1. The number of aryl methyl sites for hydroxylation is 3. The molecular formula is C47H53F4N17O5. The van der Waals surface area contributed by atoms with Gasteiger partial charge in [0.25, 0.3) is 5.89 Å². The Morgan fingerprint density at radius 3 is 1.49 bits per heavy atom. The summed E-state index contributed by atoms with van der Waals surface area (Å²) in [5.74, 6) is 1.31. The van der Waals surface area contributed by atoms with Gasteiger partial charge in [-0.3, -0.25) is 14.2 Å². The Balaban J connectivity index is 0.000000202. The van der Waals surface area contributed by atoms with Gasteiger partial charge >= 0.3 is 11.9 Å². The zero-order valence-electron chi connectivity index (χ0n) is 41.0. The van der Waals surface area contributed by atoms with Crippen LogP contribution in [0.2, 0.25) is 0 Å². The molecule has 0 aliphatic rings. The average molecular weight is 1010 g/mol. The van der Waals surface area contributed by atoms with Gasteiger partial charge in [-0.05, 0) is 40.8 Å². The smallest absolute Gasteiger partial charge is 0.394 e. The summed E-state index contributed by atoms with van der Waals surface area (Å²) in [6, 6.07) is 13.7. The molecule has 6 aromatic heterocycles. The first kappa shape index (κ1) is 53.9. The Kier molecular flexibility index (Phi) is 17.5. The predicted molar refractivity (Wildman–Crippen MR) is 256 cm³/mol. The molecule has 5 N–H and O–H groups in total. The van der Waals surface area contributed by atoms with Crippen LogP contribution in [0.3, 0.4) is 0 Å². The number of anilines is 4. The zero-order chi connectivity index (χ0) is 53.0. The van der Waals surface area contributed by atoms with E-state index >= 15 is 0 Å². The molecule has 22 nitrogen and oxygen atoms in total. The molecule has 2 aromatic carbocycles. The van der Waals surface area contributed by atoms with Crippen LogP contribution in [0.4, 0.5) is 41.1 Å². The van der Waals surface area contributed by atoms with E-state index in [-0.39, 0.29) is 60.2 Å². The van der Waals surface area contributed by atoms with E-state index in [0.717, 1.165) is 0 Å². The maximum atomic E-state index is 13.4. The zero-order valence-corrected chi connectivity index (χ0v) is 41.0. The highest BCUT2D eigenvalue weighted by atomic mass is 19.3. The molecule has 384 valence electrons. The number of Topliss-reactive ketones (excluding diaryl/α,β-unsaturated/α-hetero) is 1. The molecule has 0 aliphatic heterocycles. The van der Waals surface area contributed by atoms with E-state index in [1.165, 1.54) is 12.7 Å². The Morgan fingerprint density at radius 1 is 0.644 bits per heavy atom. The molecule has 0 saturated heterocycles. The molecule has 0 atom stereocenters. The largest absolute Gasteiger partial charge is 0.474 e. The third kappa shape index (κ3) is 15.5. The van der Waals surface area contributed by atoms with Crippen LogP contribution in [0.25, 0.3) is 22.8 Å². The average Bonchev–Trinajstić information content (AvgIpc) is 4.18.